The first-order chi connectivity index (χ1) is 10.1. The number of nitrogens with zero attached hydrogens (tertiary/aromatic N) is 3. The van der Waals surface area contributed by atoms with Crippen molar-refractivity contribution in [1.29, 1.82) is 0 Å². The molecule has 0 fully saturated rings. The van der Waals surface area contributed by atoms with Crippen molar-refractivity contribution >= 4 is 10.9 Å². The quantitative estimate of drug-likeness (QED) is 0.855. The van der Waals surface area contributed by atoms with E-state index in [1.807, 2.05) is 0 Å². The summed E-state index contributed by atoms with van der Waals surface area (Å²) in [5.41, 5.74) is 0.803. The Morgan fingerprint density at radius 3 is 2.67 bits per heavy atom. The van der Waals surface area contributed by atoms with Crippen molar-refractivity contribution in [3.63, 3.8) is 0 Å². The third-order valence-corrected chi connectivity index (χ3v) is 3.68. The molecule has 0 atom stereocenters. The van der Waals surface area contributed by atoms with E-state index in [1.165, 1.54) is 9.13 Å². The number of hydrogen-bond acceptors (Lipinski definition) is 4. The van der Waals surface area contributed by atoms with Gasteiger partial charge < -0.3 is 5.11 Å². The first-order valence-electron chi connectivity index (χ1n) is 7.29. The predicted octanol–water partition coefficient (Wildman–Crippen LogP) is 0.820. The standard InChI is InChI=1S/C15H21N3O3/c1-3-4-6-11-9-16-10-12-13(11)14(20)18(7-5-8-19)15(21)17(12)2/h9-10,19H,3-8H2,1-2H3. The Morgan fingerprint density at radius 1 is 1.24 bits per heavy atom. The maximum atomic E-state index is 12.6. The predicted molar refractivity (Wildman–Crippen MR) is 81.6 cm³/mol. The minimum absolute atomic E-state index is 0.0489. The van der Waals surface area contributed by atoms with E-state index in [0.717, 1.165) is 24.8 Å². The van der Waals surface area contributed by atoms with Crippen LogP contribution in [0.2, 0.25) is 0 Å². The molecule has 1 N–H and O–H groups in total. The van der Waals surface area contributed by atoms with Crippen LogP contribution in [0.5, 0.6) is 0 Å². The van der Waals surface area contributed by atoms with E-state index in [1.54, 1.807) is 19.4 Å². The zero-order chi connectivity index (χ0) is 15.4. The van der Waals surface area contributed by atoms with E-state index < -0.39 is 0 Å². The van der Waals surface area contributed by atoms with Crippen LogP contribution < -0.4 is 11.2 Å². The van der Waals surface area contributed by atoms with Crippen LogP contribution in [0.25, 0.3) is 10.9 Å². The molecule has 0 amide bonds. The van der Waals surface area contributed by atoms with Gasteiger partial charge in [0.2, 0.25) is 0 Å². The molecule has 2 aromatic heterocycles. The summed E-state index contributed by atoms with van der Waals surface area (Å²) in [5, 5.41) is 9.50. The largest absolute Gasteiger partial charge is 0.396 e. The van der Waals surface area contributed by atoms with Gasteiger partial charge in [-0.3, -0.25) is 18.9 Å². The fraction of sp³-hybridized carbons (Fsp3) is 0.533. The topological polar surface area (TPSA) is 77.1 Å². The minimum Gasteiger partial charge on any atom is -0.396 e. The van der Waals surface area contributed by atoms with Gasteiger partial charge in [0, 0.05) is 26.4 Å². The number of aliphatic hydroxyl groups is 1. The number of unbranched alkanes of at least 4 members (excludes halogenated alkanes) is 1. The molecule has 0 radical (unpaired) electrons. The summed E-state index contributed by atoms with van der Waals surface area (Å²) in [6.45, 7) is 2.27. The van der Waals surface area contributed by atoms with Crippen molar-refractivity contribution < 1.29 is 5.11 Å². The smallest absolute Gasteiger partial charge is 0.331 e. The van der Waals surface area contributed by atoms with Gasteiger partial charge in [-0.05, 0) is 24.8 Å². The lowest BCUT2D eigenvalue weighted by Crippen LogP contribution is -2.39. The molecule has 2 aromatic rings. The molecular formula is C15H21N3O3. The molecule has 2 heterocycles. The number of aryl methyl sites for hydroxylation is 2. The highest BCUT2D eigenvalue weighted by Crippen LogP contribution is 2.14. The Kier molecular flexibility index (Phi) is 4.90. The van der Waals surface area contributed by atoms with E-state index in [9.17, 15) is 9.59 Å². The molecule has 0 aromatic carbocycles. The van der Waals surface area contributed by atoms with Crippen LogP contribution in [0.4, 0.5) is 0 Å². The molecule has 0 saturated heterocycles. The lowest BCUT2D eigenvalue weighted by Gasteiger charge is -2.12. The Labute approximate surface area is 122 Å². The molecule has 114 valence electrons. The van der Waals surface area contributed by atoms with Crippen LogP contribution in [-0.2, 0) is 20.0 Å². The van der Waals surface area contributed by atoms with Gasteiger partial charge in [-0.1, -0.05) is 13.3 Å². The highest BCUT2D eigenvalue weighted by atomic mass is 16.3. The Hall–Kier alpha value is -1.95. The lowest BCUT2D eigenvalue weighted by molar-refractivity contribution is 0.277. The molecule has 0 aliphatic carbocycles. The Bertz CT molecular complexity index is 746. The summed E-state index contributed by atoms with van der Waals surface area (Å²) >= 11 is 0. The Balaban J connectivity index is 2.72. The average molecular weight is 291 g/mol. The summed E-state index contributed by atoms with van der Waals surface area (Å²) in [5.74, 6) is 0. The van der Waals surface area contributed by atoms with Crippen molar-refractivity contribution in [3.05, 3.63) is 38.8 Å². The van der Waals surface area contributed by atoms with Crippen LogP contribution in [0.3, 0.4) is 0 Å². The number of fused-ring (bicyclic) bond motifs is 1. The first-order valence-corrected chi connectivity index (χ1v) is 7.29. The number of rotatable bonds is 6. The SMILES string of the molecule is CCCCc1cncc2c1c(=O)n(CCCO)c(=O)n2C. The van der Waals surface area contributed by atoms with Crippen LogP contribution in [-0.4, -0.2) is 25.8 Å². The second kappa shape index (κ2) is 6.67. The number of aliphatic hydroxyl groups excluding tert-OH is 1. The third-order valence-electron chi connectivity index (χ3n) is 3.68. The van der Waals surface area contributed by atoms with E-state index >= 15 is 0 Å². The van der Waals surface area contributed by atoms with Gasteiger partial charge in [0.25, 0.3) is 5.56 Å². The molecule has 0 aliphatic rings. The lowest BCUT2D eigenvalue weighted by atomic mass is 10.1. The van der Waals surface area contributed by atoms with Crippen LogP contribution in [0.1, 0.15) is 31.7 Å². The van der Waals surface area contributed by atoms with Crippen LogP contribution in [0.15, 0.2) is 22.0 Å². The van der Waals surface area contributed by atoms with E-state index in [2.05, 4.69) is 11.9 Å². The molecule has 0 spiro atoms. The van der Waals surface area contributed by atoms with Crippen LogP contribution >= 0.6 is 0 Å². The highest BCUT2D eigenvalue weighted by Gasteiger charge is 2.14. The van der Waals surface area contributed by atoms with E-state index in [4.69, 9.17) is 5.11 Å². The number of hydrogen-bond donors (Lipinski definition) is 1. The first kappa shape index (κ1) is 15.4. The fourth-order valence-electron chi connectivity index (χ4n) is 2.48. The summed E-state index contributed by atoms with van der Waals surface area (Å²) in [6.07, 6.45) is 6.43. The van der Waals surface area contributed by atoms with Gasteiger partial charge >= 0.3 is 5.69 Å². The molecule has 2 rings (SSSR count). The van der Waals surface area contributed by atoms with Gasteiger partial charge in [0.15, 0.2) is 0 Å². The van der Waals surface area contributed by atoms with Crippen molar-refractivity contribution in [2.75, 3.05) is 6.61 Å². The summed E-state index contributed by atoms with van der Waals surface area (Å²) in [6, 6.07) is 0. The molecule has 0 unspecified atom stereocenters. The molecular weight excluding hydrogens is 270 g/mol. The van der Waals surface area contributed by atoms with Gasteiger partial charge in [0.1, 0.15) is 0 Å². The molecule has 6 heteroatoms. The zero-order valence-electron chi connectivity index (χ0n) is 12.5. The van der Waals surface area contributed by atoms with E-state index in [-0.39, 0.29) is 24.4 Å². The van der Waals surface area contributed by atoms with Gasteiger partial charge in [-0.25, -0.2) is 4.79 Å². The van der Waals surface area contributed by atoms with Gasteiger partial charge in [-0.15, -0.1) is 0 Å². The minimum atomic E-state index is -0.365. The molecule has 0 saturated carbocycles. The van der Waals surface area contributed by atoms with Crippen molar-refractivity contribution in [2.24, 2.45) is 7.05 Å². The van der Waals surface area contributed by atoms with Gasteiger partial charge in [0.05, 0.1) is 17.1 Å². The fourth-order valence-corrected chi connectivity index (χ4v) is 2.48. The highest BCUT2D eigenvalue weighted by molar-refractivity contribution is 5.80. The molecule has 0 aliphatic heterocycles. The van der Waals surface area contributed by atoms with E-state index in [0.29, 0.717) is 17.3 Å². The zero-order valence-corrected chi connectivity index (χ0v) is 12.5. The number of pyridine rings is 1. The third kappa shape index (κ3) is 2.90. The second-order valence-electron chi connectivity index (χ2n) is 5.17. The van der Waals surface area contributed by atoms with Crippen LogP contribution in [0, 0.1) is 0 Å². The van der Waals surface area contributed by atoms with Crippen molar-refractivity contribution in [2.45, 2.75) is 39.2 Å². The average Bonchev–Trinajstić information content (AvgIpc) is 2.50. The maximum Gasteiger partial charge on any atom is 0.331 e. The molecule has 6 nitrogen and oxygen atoms in total. The molecule has 0 bridgehead atoms. The van der Waals surface area contributed by atoms with Crippen molar-refractivity contribution in [1.82, 2.24) is 14.1 Å². The number of aromatic nitrogens is 3. The second-order valence-corrected chi connectivity index (χ2v) is 5.17. The summed E-state index contributed by atoms with van der Waals surface area (Å²) < 4.78 is 2.66. The monoisotopic (exact) mass is 291 g/mol. The normalized spacial score (nSPS) is 11.2. The van der Waals surface area contributed by atoms with Crippen molar-refractivity contribution in [3.8, 4) is 0 Å². The Morgan fingerprint density at radius 2 is 2.00 bits per heavy atom. The summed E-state index contributed by atoms with van der Waals surface area (Å²) in [4.78, 5) is 29.0. The molecule has 21 heavy (non-hydrogen) atoms. The summed E-state index contributed by atoms with van der Waals surface area (Å²) in [7, 11) is 1.64. The van der Waals surface area contributed by atoms with Gasteiger partial charge in [-0.2, -0.15) is 0 Å². The maximum absolute atomic E-state index is 12.6.